The van der Waals surface area contributed by atoms with Gasteiger partial charge in [-0.1, -0.05) is 48.0 Å². The number of ether oxygens (including phenoxy) is 1. The summed E-state index contributed by atoms with van der Waals surface area (Å²) in [5, 5.41) is 0. The minimum atomic E-state index is -3.69. The van der Waals surface area contributed by atoms with E-state index < -0.39 is 10.0 Å². The summed E-state index contributed by atoms with van der Waals surface area (Å²) in [4.78, 5) is 12.3. The van der Waals surface area contributed by atoms with Crippen molar-refractivity contribution in [1.82, 2.24) is 4.72 Å². The van der Waals surface area contributed by atoms with Crippen LogP contribution in [0.15, 0.2) is 81.0 Å². The summed E-state index contributed by atoms with van der Waals surface area (Å²) in [6.07, 6.45) is 1.20. The first-order chi connectivity index (χ1) is 12.9. The molecule has 0 saturated carbocycles. The van der Waals surface area contributed by atoms with Crippen molar-refractivity contribution in [3.8, 4) is 5.75 Å². The standard InChI is InChI=1S/C20H19NO5S/c1-15-7-9-18(10-8-15)27(23,24)21-12-17-11-19(22)20(14-25-17)26-13-16-5-3-2-4-6-16/h2-11,14,21H,12-13H2,1H3. The first kappa shape index (κ1) is 18.9. The summed E-state index contributed by atoms with van der Waals surface area (Å²) in [5.74, 6) is 0.270. The molecule has 0 amide bonds. The zero-order chi connectivity index (χ0) is 19.3. The lowest BCUT2D eigenvalue weighted by Gasteiger charge is -2.08. The molecule has 0 spiro atoms. The van der Waals surface area contributed by atoms with E-state index in [-0.39, 0.29) is 35.0 Å². The second kappa shape index (κ2) is 8.20. The van der Waals surface area contributed by atoms with E-state index in [1.165, 1.54) is 24.5 Å². The Kier molecular flexibility index (Phi) is 5.73. The van der Waals surface area contributed by atoms with Gasteiger partial charge in [0.1, 0.15) is 18.6 Å². The van der Waals surface area contributed by atoms with Gasteiger partial charge in [0.2, 0.25) is 21.2 Å². The van der Waals surface area contributed by atoms with Crippen LogP contribution in [0.4, 0.5) is 0 Å². The number of rotatable bonds is 7. The predicted octanol–water partition coefficient (Wildman–Crippen LogP) is 3.01. The van der Waals surface area contributed by atoms with Crippen LogP contribution in [0.5, 0.6) is 5.75 Å². The fourth-order valence-electron chi connectivity index (χ4n) is 2.34. The fourth-order valence-corrected chi connectivity index (χ4v) is 3.33. The number of benzene rings is 2. The highest BCUT2D eigenvalue weighted by Gasteiger charge is 2.14. The molecule has 140 valence electrons. The van der Waals surface area contributed by atoms with Gasteiger partial charge in [-0.05, 0) is 24.6 Å². The number of aryl methyl sites for hydroxylation is 1. The normalized spacial score (nSPS) is 11.3. The van der Waals surface area contributed by atoms with Crippen molar-refractivity contribution in [1.29, 1.82) is 0 Å². The lowest BCUT2D eigenvalue weighted by molar-refractivity contribution is 0.289. The zero-order valence-corrected chi connectivity index (χ0v) is 15.5. The van der Waals surface area contributed by atoms with Crippen LogP contribution in [-0.2, 0) is 23.2 Å². The monoisotopic (exact) mass is 385 g/mol. The van der Waals surface area contributed by atoms with E-state index in [1.807, 2.05) is 37.3 Å². The van der Waals surface area contributed by atoms with E-state index in [2.05, 4.69) is 4.72 Å². The molecule has 0 aliphatic heterocycles. The highest BCUT2D eigenvalue weighted by Crippen LogP contribution is 2.12. The predicted molar refractivity (Wildman–Crippen MR) is 101 cm³/mol. The number of nitrogens with one attached hydrogen (secondary N) is 1. The van der Waals surface area contributed by atoms with E-state index in [1.54, 1.807) is 12.1 Å². The highest BCUT2D eigenvalue weighted by atomic mass is 32.2. The van der Waals surface area contributed by atoms with Gasteiger partial charge in [0, 0.05) is 6.07 Å². The van der Waals surface area contributed by atoms with Crippen molar-refractivity contribution in [2.75, 3.05) is 0 Å². The Morgan fingerprint density at radius 1 is 1.04 bits per heavy atom. The molecule has 6 nitrogen and oxygen atoms in total. The smallest absolute Gasteiger partial charge is 0.240 e. The molecule has 1 N–H and O–H groups in total. The fraction of sp³-hybridized carbons (Fsp3) is 0.150. The van der Waals surface area contributed by atoms with Crippen LogP contribution in [-0.4, -0.2) is 8.42 Å². The molecular weight excluding hydrogens is 366 g/mol. The second-order valence-electron chi connectivity index (χ2n) is 5.99. The van der Waals surface area contributed by atoms with E-state index in [0.29, 0.717) is 0 Å². The maximum absolute atomic E-state index is 12.3. The third-order valence-corrected chi connectivity index (χ3v) is 5.27. The summed E-state index contributed by atoms with van der Waals surface area (Å²) in [5.41, 5.74) is 1.51. The molecule has 1 aromatic heterocycles. The van der Waals surface area contributed by atoms with Crippen LogP contribution in [0.3, 0.4) is 0 Å². The minimum Gasteiger partial charge on any atom is -0.482 e. The number of hydrogen-bond donors (Lipinski definition) is 1. The Hall–Kier alpha value is -2.90. The maximum Gasteiger partial charge on any atom is 0.240 e. The third-order valence-electron chi connectivity index (χ3n) is 3.86. The molecule has 3 aromatic rings. The van der Waals surface area contributed by atoms with Crippen LogP contribution in [0.1, 0.15) is 16.9 Å². The van der Waals surface area contributed by atoms with Gasteiger partial charge in [-0.2, -0.15) is 0 Å². The Bertz CT molecular complexity index is 1060. The molecule has 0 saturated heterocycles. The lowest BCUT2D eigenvalue weighted by atomic mass is 10.2. The average molecular weight is 385 g/mol. The second-order valence-corrected chi connectivity index (χ2v) is 7.75. The van der Waals surface area contributed by atoms with Gasteiger partial charge >= 0.3 is 0 Å². The van der Waals surface area contributed by atoms with Crippen molar-refractivity contribution >= 4 is 10.0 Å². The van der Waals surface area contributed by atoms with E-state index in [4.69, 9.17) is 9.15 Å². The van der Waals surface area contributed by atoms with Crippen molar-refractivity contribution in [2.45, 2.75) is 25.0 Å². The van der Waals surface area contributed by atoms with Crippen molar-refractivity contribution in [2.24, 2.45) is 0 Å². The molecular formula is C20H19NO5S. The molecule has 2 aromatic carbocycles. The molecule has 0 unspecified atom stereocenters. The molecule has 3 rings (SSSR count). The molecule has 0 aliphatic carbocycles. The van der Waals surface area contributed by atoms with Gasteiger partial charge < -0.3 is 9.15 Å². The average Bonchev–Trinajstić information content (AvgIpc) is 2.67. The van der Waals surface area contributed by atoms with Crippen LogP contribution in [0, 0.1) is 6.92 Å². The highest BCUT2D eigenvalue weighted by molar-refractivity contribution is 7.89. The van der Waals surface area contributed by atoms with Crippen LogP contribution in [0.25, 0.3) is 0 Å². The van der Waals surface area contributed by atoms with Crippen LogP contribution >= 0.6 is 0 Å². The molecule has 7 heteroatoms. The van der Waals surface area contributed by atoms with Gasteiger partial charge in [-0.3, -0.25) is 4.79 Å². The van der Waals surface area contributed by atoms with Crippen LogP contribution < -0.4 is 14.9 Å². The minimum absolute atomic E-state index is 0.0731. The quantitative estimate of drug-likeness (QED) is 0.676. The molecule has 0 radical (unpaired) electrons. The van der Waals surface area contributed by atoms with Crippen molar-refractivity contribution < 1.29 is 17.6 Å². The summed E-state index contributed by atoms with van der Waals surface area (Å²) in [6.45, 7) is 1.98. The molecule has 0 fully saturated rings. The lowest BCUT2D eigenvalue weighted by Crippen LogP contribution is -2.23. The largest absolute Gasteiger partial charge is 0.482 e. The first-order valence-electron chi connectivity index (χ1n) is 8.29. The Morgan fingerprint density at radius 2 is 1.74 bits per heavy atom. The summed E-state index contributed by atoms with van der Waals surface area (Å²) < 4.78 is 37.7. The summed E-state index contributed by atoms with van der Waals surface area (Å²) in [7, 11) is -3.69. The first-order valence-corrected chi connectivity index (χ1v) is 9.77. The summed E-state index contributed by atoms with van der Waals surface area (Å²) >= 11 is 0. The SMILES string of the molecule is Cc1ccc(S(=O)(=O)NCc2cc(=O)c(OCc3ccccc3)co2)cc1. The van der Waals surface area contributed by atoms with Crippen molar-refractivity contribution in [3.63, 3.8) is 0 Å². The van der Waals surface area contributed by atoms with Crippen molar-refractivity contribution in [3.05, 3.63) is 94.0 Å². The van der Waals surface area contributed by atoms with E-state index >= 15 is 0 Å². The van der Waals surface area contributed by atoms with E-state index in [9.17, 15) is 13.2 Å². The number of hydrogen-bond acceptors (Lipinski definition) is 5. The molecule has 0 atom stereocenters. The molecule has 1 heterocycles. The molecule has 0 bridgehead atoms. The number of sulfonamides is 1. The van der Waals surface area contributed by atoms with Crippen LogP contribution in [0.2, 0.25) is 0 Å². The Morgan fingerprint density at radius 3 is 2.41 bits per heavy atom. The maximum atomic E-state index is 12.3. The van der Waals surface area contributed by atoms with Gasteiger partial charge in [0.25, 0.3) is 0 Å². The third kappa shape index (κ3) is 5.06. The van der Waals surface area contributed by atoms with Gasteiger partial charge in [0.15, 0.2) is 0 Å². The van der Waals surface area contributed by atoms with E-state index in [0.717, 1.165) is 11.1 Å². The Labute approximate surface area is 157 Å². The molecule has 27 heavy (non-hydrogen) atoms. The van der Waals surface area contributed by atoms with Gasteiger partial charge in [-0.15, -0.1) is 0 Å². The van der Waals surface area contributed by atoms with Gasteiger partial charge in [0.05, 0.1) is 11.4 Å². The van der Waals surface area contributed by atoms with Gasteiger partial charge in [-0.25, -0.2) is 13.1 Å². The zero-order valence-electron chi connectivity index (χ0n) is 14.7. The summed E-state index contributed by atoms with van der Waals surface area (Å²) in [6, 6.07) is 17.1. The Balaban J connectivity index is 1.63. The molecule has 0 aliphatic rings. The topological polar surface area (TPSA) is 85.6 Å².